The second-order valence-electron chi connectivity index (χ2n) is 6.61. The number of hydrogen-bond acceptors (Lipinski definition) is 4. The maximum atomic E-state index is 12.5. The summed E-state index contributed by atoms with van der Waals surface area (Å²) in [5.41, 5.74) is -1.31. The monoisotopic (exact) mass is 274 g/mol. The van der Waals surface area contributed by atoms with E-state index in [0.29, 0.717) is 6.42 Å². The molecular weight excluding hydrogens is 256 g/mol. The van der Waals surface area contributed by atoms with E-state index in [2.05, 4.69) is 0 Å². The molecule has 1 aliphatic heterocycles. The summed E-state index contributed by atoms with van der Waals surface area (Å²) in [5.74, 6) is -0.910. The molecule has 0 aromatic heterocycles. The number of rotatable bonds is 2. The lowest BCUT2D eigenvalue weighted by Gasteiger charge is -2.22. The number of fused-ring (bicyclic) bond motifs is 1. The van der Waals surface area contributed by atoms with Crippen LogP contribution < -0.4 is 0 Å². The van der Waals surface area contributed by atoms with E-state index in [0.717, 1.165) is 5.56 Å². The number of ether oxygens (including phenoxy) is 2. The van der Waals surface area contributed by atoms with Gasteiger partial charge in [0.05, 0.1) is 5.41 Å². The molecule has 0 unspecified atom stereocenters. The van der Waals surface area contributed by atoms with Crippen LogP contribution in [0.15, 0.2) is 30.3 Å². The molecule has 1 aliphatic carbocycles. The molecule has 0 amide bonds. The summed E-state index contributed by atoms with van der Waals surface area (Å²) >= 11 is 0. The zero-order chi connectivity index (χ0) is 14.6. The minimum atomic E-state index is -1.14. The maximum Gasteiger partial charge on any atom is 0.325 e. The van der Waals surface area contributed by atoms with Crippen LogP contribution in [0.2, 0.25) is 0 Å². The van der Waals surface area contributed by atoms with Gasteiger partial charge in [-0.25, -0.2) is 0 Å². The molecule has 0 spiro atoms. The minimum Gasteiger partial charge on any atom is -0.464 e. The van der Waals surface area contributed by atoms with Crippen LogP contribution in [0.25, 0.3) is 0 Å². The topological polar surface area (TPSA) is 52.6 Å². The fraction of sp³-hybridized carbons (Fsp3) is 0.500. The minimum absolute atomic E-state index is 0.259. The Bertz CT molecular complexity index is 572. The van der Waals surface area contributed by atoms with Gasteiger partial charge >= 0.3 is 11.9 Å². The number of cyclic esters (lactones) is 1. The Labute approximate surface area is 118 Å². The average molecular weight is 274 g/mol. The van der Waals surface area contributed by atoms with Crippen LogP contribution in [0.1, 0.15) is 32.8 Å². The molecular formula is C16H18O4. The van der Waals surface area contributed by atoms with Gasteiger partial charge in [-0.05, 0) is 32.8 Å². The highest BCUT2D eigenvalue weighted by atomic mass is 16.6. The van der Waals surface area contributed by atoms with Crippen molar-refractivity contribution >= 4 is 11.9 Å². The predicted molar refractivity (Wildman–Crippen MR) is 72.0 cm³/mol. The normalized spacial score (nSPS) is 31.4. The molecule has 3 rings (SSSR count). The number of esters is 2. The second kappa shape index (κ2) is 3.84. The molecule has 1 saturated heterocycles. The van der Waals surface area contributed by atoms with Crippen LogP contribution in [-0.2, 0) is 24.5 Å². The fourth-order valence-corrected chi connectivity index (χ4v) is 3.07. The molecule has 106 valence electrons. The maximum absolute atomic E-state index is 12.5. The molecule has 0 bridgehead atoms. The molecule has 1 heterocycles. The van der Waals surface area contributed by atoms with Gasteiger partial charge in [-0.3, -0.25) is 9.59 Å². The van der Waals surface area contributed by atoms with Gasteiger partial charge in [0, 0.05) is 0 Å². The van der Waals surface area contributed by atoms with Gasteiger partial charge < -0.3 is 9.47 Å². The van der Waals surface area contributed by atoms with Crippen LogP contribution in [-0.4, -0.2) is 24.1 Å². The highest BCUT2D eigenvalue weighted by Gasteiger charge is 2.83. The third-order valence-corrected chi connectivity index (χ3v) is 4.13. The smallest absolute Gasteiger partial charge is 0.325 e. The summed E-state index contributed by atoms with van der Waals surface area (Å²) in [5, 5.41) is 0. The van der Waals surface area contributed by atoms with E-state index in [1.165, 1.54) is 0 Å². The van der Waals surface area contributed by atoms with Gasteiger partial charge in [0.1, 0.15) is 12.2 Å². The summed E-state index contributed by atoms with van der Waals surface area (Å²) in [6.45, 7) is 5.66. The molecule has 2 fully saturated rings. The Morgan fingerprint density at radius 3 is 2.50 bits per heavy atom. The van der Waals surface area contributed by atoms with Crippen LogP contribution in [0.4, 0.5) is 0 Å². The van der Waals surface area contributed by atoms with Gasteiger partial charge in [0.2, 0.25) is 0 Å². The first-order valence-corrected chi connectivity index (χ1v) is 6.78. The molecule has 1 saturated carbocycles. The van der Waals surface area contributed by atoms with Gasteiger partial charge in [-0.15, -0.1) is 0 Å². The summed E-state index contributed by atoms with van der Waals surface area (Å²) in [6.07, 6.45) is 0.484. The van der Waals surface area contributed by atoms with Crippen molar-refractivity contribution < 1.29 is 19.1 Å². The van der Waals surface area contributed by atoms with E-state index in [-0.39, 0.29) is 6.61 Å². The van der Waals surface area contributed by atoms with Crippen molar-refractivity contribution in [3.05, 3.63) is 35.9 Å². The largest absolute Gasteiger partial charge is 0.464 e. The Kier molecular flexibility index (Phi) is 2.53. The molecule has 0 N–H and O–H groups in total. The van der Waals surface area contributed by atoms with Gasteiger partial charge in [0.15, 0.2) is 5.41 Å². The lowest BCUT2D eigenvalue weighted by molar-refractivity contribution is -0.168. The highest BCUT2D eigenvalue weighted by Crippen LogP contribution is 2.69. The number of carbonyl (C=O) groups is 2. The first-order chi connectivity index (χ1) is 9.32. The van der Waals surface area contributed by atoms with E-state index in [1.807, 2.05) is 30.3 Å². The first kappa shape index (κ1) is 13.2. The second-order valence-corrected chi connectivity index (χ2v) is 6.61. The van der Waals surface area contributed by atoms with E-state index in [1.54, 1.807) is 20.8 Å². The first-order valence-electron chi connectivity index (χ1n) is 6.78. The molecule has 2 aliphatic rings. The standard InChI is InChI=1S/C16H18O4/c1-14(2,3)20-13(18)16-9-15(16,10-19-12(16)17)11-7-5-4-6-8-11/h4-8H,9-10H2,1-3H3/t15-,16+/m0/s1. The van der Waals surface area contributed by atoms with Gasteiger partial charge in [-0.1, -0.05) is 30.3 Å². The molecule has 1 aromatic rings. The fourth-order valence-electron chi connectivity index (χ4n) is 3.07. The SMILES string of the molecule is CC(C)(C)OC(=O)[C@]12C[C@@]1(c1ccccc1)COC2=O. The van der Waals surface area contributed by atoms with Crippen LogP contribution in [0, 0.1) is 5.41 Å². The number of hydrogen-bond donors (Lipinski definition) is 0. The van der Waals surface area contributed by atoms with E-state index < -0.39 is 28.4 Å². The zero-order valence-electron chi connectivity index (χ0n) is 11.9. The molecule has 2 atom stereocenters. The molecule has 4 heteroatoms. The lowest BCUT2D eigenvalue weighted by Crippen LogP contribution is -2.36. The molecule has 20 heavy (non-hydrogen) atoms. The number of benzene rings is 1. The van der Waals surface area contributed by atoms with Crippen LogP contribution >= 0.6 is 0 Å². The number of carbonyl (C=O) groups excluding carboxylic acids is 2. The Hall–Kier alpha value is -1.84. The third kappa shape index (κ3) is 1.60. The van der Waals surface area contributed by atoms with Crippen molar-refractivity contribution in [1.29, 1.82) is 0 Å². The lowest BCUT2D eigenvalue weighted by atomic mass is 9.88. The van der Waals surface area contributed by atoms with Gasteiger partial charge in [-0.2, -0.15) is 0 Å². The van der Waals surface area contributed by atoms with Crippen molar-refractivity contribution in [2.24, 2.45) is 5.41 Å². The summed E-state index contributed by atoms with van der Waals surface area (Å²) in [6, 6.07) is 9.60. The average Bonchev–Trinajstić information content (AvgIpc) is 2.99. The summed E-state index contributed by atoms with van der Waals surface area (Å²) in [4.78, 5) is 24.6. The van der Waals surface area contributed by atoms with E-state index in [9.17, 15) is 9.59 Å². The van der Waals surface area contributed by atoms with E-state index >= 15 is 0 Å². The van der Waals surface area contributed by atoms with Crippen LogP contribution in [0.5, 0.6) is 0 Å². The zero-order valence-corrected chi connectivity index (χ0v) is 11.9. The van der Waals surface area contributed by atoms with E-state index in [4.69, 9.17) is 9.47 Å². The van der Waals surface area contributed by atoms with Crippen molar-refractivity contribution in [2.75, 3.05) is 6.61 Å². The Morgan fingerprint density at radius 1 is 1.25 bits per heavy atom. The highest BCUT2D eigenvalue weighted by molar-refractivity contribution is 6.08. The molecule has 4 nitrogen and oxygen atoms in total. The van der Waals surface area contributed by atoms with Crippen molar-refractivity contribution in [3.8, 4) is 0 Å². The van der Waals surface area contributed by atoms with Gasteiger partial charge in [0.25, 0.3) is 0 Å². The van der Waals surface area contributed by atoms with Crippen LogP contribution in [0.3, 0.4) is 0 Å². The summed E-state index contributed by atoms with van der Waals surface area (Å²) in [7, 11) is 0. The van der Waals surface area contributed by atoms with Crippen molar-refractivity contribution in [2.45, 2.75) is 38.2 Å². The summed E-state index contributed by atoms with van der Waals surface area (Å²) < 4.78 is 10.6. The predicted octanol–water partition coefficient (Wildman–Crippen LogP) is 2.21. The molecule has 0 radical (unpaired) electrons. The third-order valence-electron chi connectivity index (χ3n) is 4.13. The Morgan fingerprint density at radius 2 is 1.90 bits per heavy atom. The quantitative estimate of drug-likeness (QED) is 0.613. The van der Waals surface area contributed by atoms with Crippen molar-refractivity contribution in [1.82, 2.24) is 0 Å². The Balaban J connectivity index is 1.97. The van der Waals surface area contributed by atoms with Crippen molar-refractivity contribution in [3.63, 3.8) is 0 Å². The molecule has 1 aromatic carbocycles.